The molecule has 1 heteroatoms. The molecule has 0 spiro atoms. The SMILES string of the molecule is CC(=CC(C)C)C(=O)C(=CC(C)C)C(C)C. The Balaban J connectivity index is 5.05. The third kappa shape index (κ3) is 5.29. The Morgan fingerprint density at radius 2 is 1.31 bits per heavy atom. The lowest BCUT2D eigenvalue weighted by Gasteiger charge is -2.13. The summed E-state index contributed by atoms with van der Waals surface area (Å²) in [6, 6.07) is 0. The lowest BCUT2D eigenvalue weighted by molar-refractivity contribution is -0.112. The number of allylic oxidation sites excluding steroid dienone is 4. The summed E-state index contributed by atoms with van der Waals surface area (Å²) in [7, 11) is 0. The Morgan fingerprint density at radius 3 is 1.62 bits per heavy atom. The summed E-state index contributed by atoms with van der Waals surface area (Å²) in [6.45, 7) is 14.5. The summed E-state index contributed by atoms with van der Waals surface area (Å²) in [4.78, 5) is 12.2. The maximum Gasteiger partial charge on any atom is 0.184 e. The number of ketones is 1. The first-order valence-electron chi connectivity index (χ1n) is 6.20. The third-order valence-electron chi connectivity index (χ3n) is 2.34. The Kier molecular flexibility index (Phi) is 6.32. The van der Waals surface area contributed by atoms with Gasteiger partial charge in [-0.25, -0.2) is 0 Å². The molecule has 16 heavy (non-hydrogen) atoms. The summed E-state index contributed by atoms with van der Waals surface area (Å²) in [6.07, 6.45) is 4.13. The Bertz CT molecular complexity index is 291. The van der Waals surface area contributed by atoms with Crippen LogP contribution in [0.4, 0.5) is 0 Å². The Morgan fingerprint density at radius 1 is 0.875 bits per heavy atom. The molecule has 92 valence electrons. The second-order valence-electron chi connectivity index (χ2n) is 5.44. The highest BCUT2D eigenvalue weighted by Gasteiger charge is 2.15. The van der Waals surface area contributed by atoms with Gasteiger partial charge in [0.2, 0.25) is 0 Å². The minimum Gasteiger partial charge on any atom is -0.289 e. The van der Waals surface area contributed by atoms with Crippen LogP contribution >= 0.6 is 0 Å². The molecule has 0 aliphatic heterocycles. The molecule has 0 aromatic heterocycles. The minimum absolute atomic E-state index is 0.206. The van der Waals surface area contributed by atoms with Crippen LogP contribution in [0.3, 0.4) is 0 Å². The second-order valence-corrected chi connectivity index (χ2v) is 5.44. The van der Waals surface area contributed by atoms with Gasteiger partial charge in [-0.3, -0.25) is 4.79 Å². The highest BCUT2D eigenvalue weighted by Crippen LogP contribution is 2.18. The molecular formula is C15H26O. The molecule has 0 radical (unpaired) electrons. The van der Waals surface area contributed by atoms with Crippen LogP contribution in [0.2, 0.25) is 0 Å². The van der Waals surface area contributed by atoms with Crippen molar-refractivity contribution < 1.29 is 4.79 Å². The second kappa shape index (κ2) is 6.67. The van der Waals surface area contributed by atoms with E-state index in [2.05, 4.69) is 47.6 Å². The maximum atomic E-state index is 12.2. The largest absolute Gasteiger partial charge is 0.289 e. The average molecular weight is 222 g/mol. The van der Waals surface area contributed by atoms with Gasteiger partial charge in [0, 0.05) is 0 Å². The molecule has 0 rings (SSSR count). The molecule has 1 nitrogen and oxygen atoms in total. The fraction of sp³-hybridized carbons (Fsp3) is 0.667. The zero-order chi connectivity index (χ0) is 12.9. The van der Waals surface area contributed by atoms with E-state index < -0.39 is 0 Å². The van der Waals surface area contributed by atoms with Crippen molar-refractivity contribution in [2.75, 3.05) is 0 Å². The number of hydrogen-bond donors (Lipinski definition) is 0. The summed E-state index contributed by atoms with van der Waals surface area (Å²) in [5, 5.41) is 0. The van der Waals surface area contributed by atoms with E-state index in [1.165, 1.54) is 0 Å². The standard InChI is InChI=1S/C15H26O/c1-10(2)8-13(7)15(16)14(12(5)6)9-11(3)4/h8-12H,1-7H3. The monoisotopic (exact) mass is 222 g/mol. The van der Waals surface area contributed by atoms with Crippen molar-refractivity contribution >= 4 is 5.78 Å². The van der Waals surface area contributed by atoms with Crippen LogP contribution in [0.15, 0.2) is 23.3 Å². The molecule has 0 unspecified atom stereocenters. The molecule has 0 N–H and O–H groups in total. The highest BCUT2D eigenvalue weighted by atomic mass is 16.1. The molecule has 0 fully saturated rings. The minimum atomic E-state index is 0.206. The lowest BCUT2D eigenvalue weighted by Crippen LogP contribution is -2.11. The first-order chi connectivity index (χ1) is 7.25. The van der Waals surface area contributed by atoms with Crippen LogP contribution in [0.25, 0.3) is 0 Å². The molecule has 0 aromatic rings. The van der Waals surface area contributed by atoms with Crippen molar-refractivity contribution in [1.29, 1.82) is 0 Å². The van der Waals surface area contributed by atoms with Crippen molar-refractivity contribution in [2.45, 2.75) is 48.5 Å². The average Bonchev–Trinajstić information content (AvgIpc) is 2.11. The molecule has 0 saturated carbocycles. The van der Waals surface area contributed by atoms with Crippen molar-refractivity contribution in [3.05, 3.63) is 23.3 Å². The van der Waals surface area contributed by atoms with Gasteiger partial charge in [0.25, 0.3) is 0 Å². The number of carbonyl (C=O) groups excluding carboxylic acids is 1. The molecular weight excluding hydrogens is 196 g/mol. The van der Waals surface area contributed by atoms with Gasteiger partial charge in [0.05, 0.1) is 0 Å². The molecule has 0 aliphatic rings. The topological polar surface area (TPSA) is 17.1 Å². The highest BCUT2D eigenvalue weighted by molar-refractivity contribution is 6.08. The lowest BCUT2D eigenvalue weighted by atomic mass is 9.91. The molecule has 0 atom stereocenters. The Hall–Kier alpha value is -0.850. The zero-order valence-corrected chi connectivity index (χ0v) is 11.8. The summed E-state index contributed by atoms with van der Waals surface area (Å²) < 4.78 is 0. The van der Waals surface area contributed by atoms with Gasteiger partial charge in [-0.1, -0.05) is 53.7 Å². The predicted molar refractivity (Wildman–Crippen MR) is 71.4 cm³/mol. The number of carbonyl (C=O) groups is 1. The molecule has 0 aliphatic carbocycles. The van der Waals surface area contributed by atoms with Gasteiger partial charge >= 0.3 is 0 Å². The van der Waals surface area contributed by atoms with Gasteiger partial charge in [-0.2, -0.15) is 0 Å². The fourth-order valence-corrected chi connectivity index (χ4v) is 1.69. The van der Waals surface area contributed by atoms with E-state index in [0.717, 1.165) is 11.1 Å². The van der Waals surface area contributed by atoms with E-state index in [1.54, 1.807) is 0 Å². The molecule has 0 bridgehead atoms. The van der Waals surface area contributed by atoms with Gasteiger partial charge in [0.1, 0.15) is 0 Å². The zero-order valence-electron chi connectivity index (χ0n) is 11.8. The number of hydrogen-bond acceptors (Lipinski definition) is 1. The van der Waals surface area contributed by atoms with E-state index in [1.807, 2.05) is 13.0 Å². The van der Waals surface area contributed by atoms with Crippen LogP contribution in [-0.2, 0) is 4.79 Å². The van der Waals surface area contributed by atoms with Crippen molar-refractivity contribution in [1.82, 2.24) is 0 Å². The van der Waals surface area contributed by atoms with Crippen LogP contribution in [0, 0.1) is 17.8 Å². The van der Waals surface area contributed by atoms with Gasteiger partial charge in [-0.15, -0.1) is 0 Å². The van der Waals surface area contributed by atoms with Crippen LogP contribution in [0.5, 0.6) is 0 Å². The van der Waals surface area contributed by atoms with Crippen LogP contribution in [-0.4, -0.2) is 5.78 Å². The summed E-state index contributed by atoms with van der Waals surface area (Å²) in [5.74, 6) is 1.35. The predicted octanol–water partition coefficient (Wildman–Crippen LogP) is 4.40. The summed E-state index contributed by atoms with van der Waals surface area (Å²) >= 11 is 0. The van der Waals surface area contributed by atoms with E-state index >= 15 is 0 Å². The van der Waals surface area contributed by atoms with Crippen LogP contribution < -0.4 is 0 Å². The molecule has 0 saturated heterocycles. The normalized spacial score (nSPS) is 14.1. The van der Waals surface area contributed by atoms with E-state index in [4.69, 9.17) is 0 Å². The quantitative estimate of drug-likeness (QED) is 0.630. The molecule has 0 amide bonds. The van der Waals surface area contributed by atoms with Gasteiger partial charge < -0.3 is 0 Å². The third-order valence-corrected chi connectivity index (χ3v) is 2.34. The molecule has 0 aromatic carbocycles. The van der Waals surface area contributed by atoms with Gasteiger partial charge in [0.15, 0.2) is 5.78 Å². The van der Waals surface area contributed by atoms with Crippen molar-refractivity contribution in [2.24, 2.45) is 17.8 Å². The van der Waals surface area contributed by atoms with Crippen LogP contribution in [0.1, 0.15) is 48.5 Å². The first-order valence-corrected chi connectivity index (χ1v) is 6.20. The summed E-state index contributed by atoms with van der Waals surface area (Å²) in [5.41, 5.74) is 1.82. The fourth-order valence-electron chi connectivity index (χ4n) is 1.69. The number of rotatable bonds is 5. The number of Topliss-reactive ketones (excluding diaryl/α,β-unsaturated/α-hetero) is 1. The van der Waals surface area contributed by atoms with Gasteiger partial charge in [-0.05, 0) is 35.8 Å². The van der Waals surface area contributed by atoms with E-state index in [9.17, 15) is 4.79 Å². The maximum absolute atomic E-state index is 12.2. The first kappa shape index (κ1) is 15.2. The molecule has 0 heterocycles. The van der Waals surface area contributed by atoms with Crippen molar-refractivity contribution in [3.8, 4) is 0 Å². The van der Waals surface area contributed by atoms with E-state index in [-0.39, 0.29) is 5.78 Å². The van der Waals surface area contributed by atoms with Crippen molar-refractivity contribution in [3.63, 3.8) is 0 Å². The smallest absolute Gasteiger partial charge is 0.184 e. The Labute approximate surface area is 101 Å². The van der Waals surface area contributed by atoms with E-state index in [0.29, 0.717) is 17.8 Å².